The van der Waals surface area contributed by atoms with E-state index in [0.29, 0.717) is 18.2 Å². The second-order valence-corrected chi connectivity index (χ2v) is 10.3. The molecule has 1 aromatic carbocycles. The zero-order chi connectivity index (χ0) is 23.5. The van der Waals surface area contributed by atoms with Gasteiger partial charge in [-0.2, -0.15) is 0 Å². The molecule has 1 fully saturated rings. The predicted octanol–water partition coefficient (Wildman–Crippen LogP) is 3.56. The standard InChI is InChI=1S/C23H23F2N3O4S/c1-22(2)20(31)17-19(30)18(29)14(10-28(17)11-23(22)6-3-7-32-23)21-27-26-16(33-21)8-12-4-5-13(24)9-15(12)25/h4-5,9-10,20,30-31H,3,6-8,11H2,1-2H3. The van der Waals surface area contributed by atoms with Crippen LogP contribution in [0.1, 0.15) is 49.1 Å². The van der Waals surface area contributed by atoms with Gasteiger partial charge < -0.3 is 19.5 Å². The molecule has 2 aromatic heterocycles. The Bertz CT molecular complexity index is 1300. The van der Waals surface area contributed by atoms with Crippen molar-refractivity contribution in [3.63, 3.8) is 0 Å². The molecule has 0 radical (unpaired) electrons. The van der Waals surface area contributed by atoms with E-state index < -0.39 is 39.9 Å². The summed E-state index contributed by atoms with van der Waals surface area (Å²) in [5, 5.41) is 30.7. The maximum Gasteiger partial charge on any atom is 0.233 e. The number of ether oxygens (including phenoxy) is 1. The largest absolute Gasteiger partial charge is 0.503 e. The number of hydrogen-bond acceptors (Lipinski definition) is 7. The van der Waals surface area contributed by atoms with Gasteiger partial charge in [-0.05, 0) is 24.5 Å². The highest BCUT2D eigenvalue weighted by molar-refractivity contribution is 7.14. The summed E-state index contributed by atoms with van der Waals surface area (Å²) in [5.41, 5.74) is -1.42. The first-order chi connectivity index (χ1) is 15.6. The van der Waals surface area contributed by atoms with E-state index in [4.69, 9.17) is 4.74 Å². The minimum atomic E-state index is -1.10. The van der Waals surface area contributed by atoms with E-state index in [1.54, 1.807) is 10.8 Å². The van der Waals surface area contributed by atoms with Gasteiger partial charge in [-0.25, -0.2) is 8.78 Å². The molecule has 33 heavy (non-hydrogen) atoms. The van der Waals surface area contributed by atoms with Crippen LogP contribution in [-0.2, 0) is 17.7 Å². The van der Waals surface area contributed by atoms with Gasteiger partial charge in [-0.3, -0.25) is 4.79 Å². The number of benzene rings is 1. The minimum absolute atomic E-state index is 0.0892. The van der Waals surface area contributed by atoms with Gasteiger partial charge in [-0.15, -0.1) is 10.2 Å². The van der Waals surface area contributed by atoms with Crippen molar-refractivity contribution in [1.82, 2.24) is 14.8 Å². The Hall–Kier alpha value is -2.69. The van der Waals surface area contributed by atoms with E-state index in [1.807, 2.05) is 13.8 Å². The third kappa shape index (κ3) is 3.39. The van der Waals surface area contributed by atoms with Gasteiger partial charge in [0.25, 0.3) is 0 Å². The molecule has 0 bridgehead atoms. The number of aliphatic hydroxyl groups excluding tert-OH is 1. The van der Waals surface area contributed by atoms with Crippen LogP contribution in [0.25, 0.3) is 10.6 Å². The minimum Gasteiger partial charge on any atom is -0.503 e. The molecule has 2 unspecified atom stereocenters. The van der Waals surface area contributed by atoms with Gasteiger partial charge in [0.1, 0.15) is 22.7 Å². The highest BCUT2D eigenvalue weighted by Gasteiger charge is 2.57. The molecule has 0 saturated carbocycles. The number of pyridine rings is 1. The number of aromatic nitrogens is 3. The van der Waals surface area contributed by atoms with Crippen molar-refractivity contribution < 1.29 is 23.7 Å². The molecule has 5 rings (SSSR count). The Kier molecular flexibility index (Phi) is 5.15. The monoisotopic (exact) mass is 475 g/mol. The predicted molar refractivity (Wildman–Crippen MR) is 117 cm³/mol. The fourth-order valence-corrected chi connectivity index (χ4v) is 5.77. The quantitative estimate of drug-likeness (QED) is 0.601. The number of aromatic hydroxyl groups is 1. The van der Waals surface area contributed by atoms with Gasteiger partial charge in [0.2, 0.25) is 5.43 Å². The molecule has 2 N–H and O–H groups in total. The zero-order valence-electron chi connectivity index (χ0n) is 18.1. The van der Waals surface area contributed by atoms with Crippen LogP contribution >= 0.6 is 11.3 Å². The summed E-state index contributed by atoms with van der Waals surface area (Å²) < 4.78 is 35.0. The molecule has 4 heterocycles. The highest BCUT2D eigenvalue weighted by atomic mass is 32.1. The van der Waals surface area contributed by atoms with Gasteiger partial charge in [0, 0.05) is 30.7 Å². The number of nitrogens with zero attached hydrogens (tertiary/aromatic N) is 3. The SMILES string of the molecule is CC1(C)C(O)c2c(O)c(=O)c(-c3nnc(Cc4ccc(F)cc4F)s3)cn2CC12CCCO2. The van der Waals surface area contributed by atoms with Crippen molar-refractivity contribution in [3.05, 3.63) is 62.5 Å². The van der Waals surface area contributed by atoms with Crippen LogP contribution in [-0.4, -0.2) is 37.2 Å². The van der Waals surface area contributed by atoms with Gasteiger partial charge in [0.15, 0.2) is 10.8 Å². The van der Waals surface area contributed by atoms with Crippen molar-refractivity contribution in [1.29, 1.82) is 0 Å². The van der Waals surface area contributed by atoms with E-state index in [-0.39, 0.29) is 28.2 Å². The fraction of sp³-hybridized carbons (Fsp3) is 0.435. The van der Waals surface area contributed by atoms with Crippen LogP contribution in [0.4, 0.5) is 8.78 Å². The van der Waals surface area contributed by atoms with Crippen molar-refractivity contribution in [2.45, 2.75) is 51.4 Å². The summed E-state index contributed by atoms with van der Waals surface area (Å²) in [6, 6.07) is 3.32. The molecule has 0 amide bonds. The number of fused-ring (bicyclic) bond motifs is 1. The molecule has 2 aliphatic heterocycles. The Balaban J connectivity index is 1.54. The lowest BCUT2D eigenvalue weighted by atomic mass is 9.66. The normalized spacial score (nSPS) is 23.7. The number of aliphatic hydroxyl groups is 1. The molecule has 7 nitrogen and oxygen atoms in total. The topological polar surface area (TPSA) is 97.5 Å². The summed E-state index contributed by atoms with van der Waals surface area (Å²) in [6.45, 7) is 4.73. The van der Waals surface area contributed by atoms with Crippen LogP contribution < -0.4 is 5.43 Å². The summed E-state index contributed by atoms with van der Waals surface area (Å²) in [5.74, 6) is -1.87. The molecular formula is C23H23F2N3O4S. The van der Waals surface area contributed by atoms with E-state index in [0.717, 1.165) is 30.2 Å². The highest BCUT2D eigenvalue weighted by Crippen LogP contribution is 2.54. The third-order valence-electron chi connectivity index (χ3n) is 7.00. The second-order valence-electron chi connectivity index (χ2n) is 9.22. The molecule has 2 aliphatic rings. The maximum atomic E-state index is 14.0. The Labute approximate surface area is 192 Å². The van der Waals surface area contributed by atoms with E-state index >= 15 is 0 Å². The third-order valence-corrected chi connectivity index (χ3v) is 7.95. The smallest absolute Gasteiger partial charge is 0.233 e. The Morgan fingerprint density at radius 3 is 2.79 bits per heavy atom. The lowest BCUT2D eigenvalue weighted by molar-refractivity contribution is -0.164. The molecule has 174 valence electrons. The van der Waals surface area contributed by atoms with Crippen molar-refractivity contribution in [2.24, 2.45) is 5.41 Å². The zero-order valence-corrected chi connectivity index (χ0v) is 19.0. The van der Waals surface area contributed by atoms with Gasteiger partial charge in [-0.1, -0.05) is 31.3 Å². The van der Waals surface area contributed by atoms with Gasteiger partial charge >= 0.3 is 0 Å². The lowest BCUT2D eigenvalue weighted by Gasteiger charge is -2.51. The molecule has 2 atom stereocenters. The Morgan fingerprint density at radius 1 is 1.30 bits per heavy atom. The van der Waals surface area contributed by atoms with Crippen LogP contribution in [0.2, 0.25) is 0 Å². The van der Waals surface area contributed by atoms with Crippen molar-refractivity contribution in [2.75, 3.05) is 6.61 Å². The average molecular weight is 476 g/mol. The molecule has 0 aliphatic carbocycles. The maximum absolute atomic E-state index is 14.0. The van der Waals surface area contributed by atoms with Crippen LogP contribution in [0.5, 0.6) is 5.75 Å². The van der Waals surface area contributed by atoms with Crippen LogP contribution in [0.3, 0.4) is 0 Å². The first kappa shape index (κ1) is 22.1. The summed E-state index contributed by atoms with van der Waals surface area (Å²) in [7, 11) is 0. The van der Waals surface area contributed by atoms with Crippen LogP contribution in [0.15, 0.2) is 29.2 Å². The fourth-order valence-electron chi connectivity index (χ4n) is 4.90. The summed E-state index contributed by atoms with van der Waals surface area (Å²) >= 11 is 1.09. The van der Waals surface area contributed by atoms with Crippen molar-refractivity contribution >= 4 is 11.3 Å². The summed E-state index contributed by atoms with van der Waals surface area (Å²) in [4.78, 5) is 13.0. The second kappa shape index (κ2) is 7.68. The molecule has 1 spiro atoms. The summed E-state index contributed by atoms with van der Waals surface area (Å²) in [6.07, 6.45) is 2.18. The Morgan fingerprint density at radius 2 is 2.09 bits per heavy atom. The first-order valence-electron chi connectivity index (χ1n) is 10.7. The van der Waals surface area contributed by atoms with Crippen LogP contribution in [0, 0.1) is 17.0 Å². The van der Waals surface area contributed by atoms with Crippen molar-refractivity contribution in [3.8, 4) is 16.3 Å². The van der Waals surface area contributed by atoms with E-state index in [9.17, 15) is 23.8 Å². The molecular weight excluding hydrogens is 452 g/mol. The van der Waals surface area contributed by atoms with E-state index in [2.05, 4.69) is 10.2 Å². The molecule has 1 saturated heterocycles. The van der Waals surface area contributed by atoms with Gasteiger partial charge in [0.05, 0.1) is 23.4 Å². The molecule has 3 aromatic rings. The average Bonchev–Trinajstić information content (AvgIpc) is 3.42. The lowest BCUT2D eigenvalue weighted by Crippen LogP contribution is -2.55. The number of halogens is 2. The molecule has 10 heteroatoms. The number of rotatable bonds is 3. The van der Waals surface area contributed by atoms with E-state index in [1.165, 1.54) is 12.1 Å². The first-order valence-corrected chi connectivity index (χ1v) is 11.5. The number of hydrogen-bond donors (Lipinski definition) is 2.